The average molecular weight is 385 g/mol. The number of aryl methyl sites for hydroxylation is 1. The first-order chi connectivity index (χ1) is 12.9. The van der Waals surface area contributed by atoms with Crippen LogP contribution in [-0.4, -0.2) is 22.1 Å². The highest BCUT2D eigenvalue weighted by Crippen LogP contribution is 2.14. The highest BCUT2D eigenvalue weighted by atomic mass is 35.5. The van der Waals surface area contributed by atoms with Gasteiger partial charge < -0.3 is 15.4 Å². The van der Waals surface area contributed by atoms with Gasteiger partial charge in [0.05, 0.1) is 6.10 Å². The van der Waals surface area contributed by atoms with E-state index < -0.39 is 12.0 Å². The zero-order valence-electron chi connectivity index (χ0n) is 15.0. The number of hydrogen-bond donors (Lipinski definition) is 3. The molecule has 0 spiro atoms. The van der Waals surface area contributed by atoms with E-state index in [4.69, 9.17) is 11.6 Å². The monoisotopic (exact) mass is 384 g/mol. The number of pyridine rings is 1. The van der Waals surface area contributed by atoms with E-state index in [2.05, 4.69) is 10.3 Å². The third kappa shape index (κ3) is 4.76. The molecule has 3 aromatic rings. The second kappa shape index (κ2) is 8.37. The molecular formula is C21H21ClN2O3. The van der Waals surface area contributed by atoms with Crippen LogP contribution in [0.1, 0.15) is 34.8 Å². The van der Waals surface area contributed by atoms with Gasteiger partial charge in [-0.1, -0.05) is 29.8 Å². The number of aliphatic hydroxyl groups excluding tert-OH is 1. The van der Waals surface area contributed by atoms with Crippen LogP contribution in [0.2, 0.25) is 5.02 Å². The third-order valence-corrected chi connectivity index (χ3v) is 4.66. The normalized spacial score (nSPS) is 12.1. The topological polar surface area (TPSA) is 82.2 Å². The fraction of sp³-hybridized carbons (Fsp3) is 0.238. The van der Waals surface area contributed by atoms with E-state index in [0.29, 0.717) is 35.3 Å². The van der Waals surface area contributed by atoms with E-state index in [1.807, 2.05) is 24.3 Å². The predicted octanol–water partition coefficient (Wildman–Crippen LogP) is 3.42. The van der Waals surface area contributed by atoms with Crippen molar-refractivity contribution in [1.82, 2.24) is 10.3 Å². The Bertz CT molecular complexity index is 1010. The van der Waals surface area contributed by atoms with Crippen molar-refractivity contribution in [3.8, 4) is 0 Å². The van der Waals surface area contributed by atoms with Gasteiger partial charge in [0.15, 0.2) is 0 Å². The molecule has 140 valence electrons. The van der Waals surface area contributed by atoms with Crippen molar-refractivity contribution in [3.05, 3.63) is 80.6 Å². The SMILES string of the molecule is CC(O)CCc1ccc2[nH]cc(C(=O)NCc3ccc(Cl)cc3)c(=O)c2c1. The maximum absolute atomic E-state index is 12.8. The molecule has 0 saturated heterocycles. The van der Waals surface area contributed by atoms with Crippen LogP contribution in [0.5, 0.6) is 0 Å². The Balaban J connectivity index is 1.80. The highest BCUT2D eigenvalue weighted by Gasteiger charge is 2.13. The Morgan fingerprint density at radius 2 is 1.89 bits per heavy atom. The summed E-state index contributed by atoms with van der Waals surface area (Å²) in [6.07, 6.45) is 2.33. The van der Waals surface area contributed by atoms with E-state index >= 15 is 0 Å². The van der Waals surface area contributed by atoms with Crippen molar-refractivity contribution in [1.29, 1.82) is 0 Å². The van der Waals surface area contributed by atoms with Crippen molar-refractivity contribution in [2.45, 2.75) is 32.4 Å². The molecule has 0 saturated carbocycles. The maximum Gasteiger partial charge on any atom is 0.257 e. The second-order valence-corrected chi connectivity index (χ2v) is 7.04. The fourth-order valence-electron chi connectivity index (χ4n) is 2.85. The van der Waals surface area contributed by atoms with Gasteiger partial charge >= 0.3 is 0 Å². The van der Waals surface area contributed by atoms with E-state index in [9.17, 15) is 14.7 Å². The molecule has 1 heterocycles. The zero-order valence-corrected chi connectivity index (χ0v) is 15.7. The van der Waals surface area contributed by atoms with Crippen LogP contribution in [0.15, 0.2) is 53.5 Å². The van der Waals surface area contributed by atoms with E-state index in [1.54, 1.807) is 25.1 Å². The second-order valence-electron chi connectivity index (χ2n) is 6.61. The first kappa shape index (κ1) is 19.1. The maximum atomic E-state index is 12.8. The molecule has 6 heteroatoms. The van der Waals surface area contributed by atoms with Gasteiger partial charge in [0.25, 0.3) is 5.91 Å². The van der Waals surface area contributed by atoms with Crippen molar-refractivity contribution in [3.63, 3.8) is 0 Å². The lowest BCUT2D eigenvalue weighted by molar-refractivity contribution is 0.0949. The number of rotatable bonds is 6. The lowest BCUT2D eigenvalue weighted by Crippen LogP contribution is -2.28. The Morgan fingerprint density at radius 3 is 2.59 bits per heavy atom. The molecule has 3 N–H and O–H groups in total. The predicted molar refractivity (Wildman–Crippen MR) is 107 cm³/mol. The third-order valence-electron chi connectivity index (χ3n) is 4.41. The summed E-state index contributed by atoms with van der Waals surface area (Å²) in [7, 11) is 0. The molecule has 1 unspecified atom stereocenters. The molecule has 0 aliphatic rings. The molecular weight excluding hydrogens is 364 g/mol. The number of aromatic nitrogens is 1. The van der Waals surface area contributed by atoms with Gasteiger partial charge in [0.2, 0.25) is 5.43 Å². The Kier molecular flexibility index (Phi) is 5.94. The average Bonchev–Trinajstić information content (AvgIpc) is 2.66. The molecule has 5 nitrogen and oxygen atoms in total. The number of aromatic amines is 1. The largest absolute Gasteiger partial charge is 0.393 e. The molecule has 27 heavy (non-hydrogen) atoms. The summed E-state index contributed by atoms with van der Waals surface area (Å²) in [4.78, 5) is 28.2. The quantitative estimate of drug-likeness (QED) is 0.609. The lowest BCUT2D eigenvalue weighted by atomic mass is 10.0. The number of H-pyrrole nitrogens is 1. The minimum Gasteiger partial charge on any atom is -0.393 e. The van der Waals surface area contributed by atoms with E-state index in [0.717, 1.165) is 11.1 Å². The van der Waals surface area contributed by atoms with Crippen LogP contribution in [0.25, 0.3) is 10.9 Å². The molecule has 1 amide bonds. The van der Waals surface area contributed by atoms with Gasteiger partial charge in [0, 0.05) is 28.7 Å². The van der Waals surface area contributed by atoms with Gasteiger partial charge in [0.1, 0.15) is 5.56 Å². The Morgan fingerprint density at radius 1 is 1.19 bits per heavy atom. The molecule has 1 aromatic heterocycles. The first-order valence-corrected chi connectivity index (χ1v) is 9.17. The number of halogens is 1. The molecule has 0 aliphatic carbocycles. The summed E-state index contributed by atoms with van der Waals surface area (Å²) in [5.41, 5.74) is 2.29. The molecule has 1 atom stereocenters. The number of amides is 1. The van der Waals surface area contributed by atoms with Crippen molar-refractivity contribution >= 4 is 28.4 Å². The van der Waals surface area contributed by atoms with Gasteiger partial charge in [-0.25, -0.2) is 0 Å². The number of aliphatic hydroxyl groups is 1. The molecule has 0 bridgehead atoms. The Hall–Kier alpha value is -2.63. The molecule has 3 rings (SSSR count). The van der Waals surface area contributed by atoms with E-state index in [-0.39, 0.29) is 11.0 Å². The number of carbonyl (C=O) groups is 1. The minimum atomic E-state index is -0.428. The van der Waals surface area contributed by atoms with E-state index in [1.165, 1.54) is 6.20 Å². The van der Waals surface area contributed by atoms with Crippen LogP contribution in [-0.2, 0) is 13.0 Å². The van der Waals surface area contributed by atoms with Gasteiger partial charge in [-0.05, 0) is 55.2 Å². The van der Waals surface area contributed by atoms with Gasteiger partial charge in [-0.3, -0.25) is 9.59 Å². The van der Waals surface area contributed by atoms with Crippen LogP contribution in [0.3, 0.4) is 0 Å². The number of fused-ring (bicyclic) bond motifs is 1. The smallest absolute Gasteiger partial charge is 0.257 e. The summed E-state index contributed by atoms with van der Waals surface area (Å²) in [6, 6.07) is 12.7. The first-order valence-electron chi connectivity index (χ1n) is 8.79. The molecule has 2 aromatic carbocycles. The minimum absolute atomic E-state index is 0.0733. The zero-order chi connectivity index (χ0) is 19.4. The fourth-order valence-corrected chi connectivity index (χ4v) is 2.97. The summed E-state index contributed by atoms with van der Waals surface area (Å²) in [6.45, 7) is 2.04. The summed E-state index contributed by atoms with van der Waals surface area (Å²) in [5.74, 6) is -0.428. The highest BCUT2D eigenvalue weighted by molar-refractivity contribution is 6.30. The Labute approximate surface area is 162 Å². The van der Waals surface area contributed by atoms with Crippen LogP contribution in [0, 0.1) is 0 Å². The standard InChI is InChI=1S/C21H21ClN2O3/c1-13(25)2-3-14-6-9-19-17(10-14)20(26)18(12-23-19)21(27)24-11-15-4-7-16(22)8-5-15/h4-10,12-13,25H,2-3,11H2,1H3,(H,23,26)(H,24,27). The summed E-state index contributed by atoms with van der Waals surface area (Å²) >= 11 is 5.85. The summed E-state index contributed by atoms with van der Waals surface area (Å²) in [5, 5.41) is 13.3. The molecule has 0 fully saturated rings. The number of nitrogens with one attached hydrogen (secondary N) is 2. The van der Waals surface area contributed by atoms with Crippen molar-refractivity contribution in [2.24, 2.45) is 0 Å². The van der Waals surface area contributed by atoms with Crippen molar-refractivity contribution < 1.29 is 9.90 Å². The van der Waals surface area contributed by atoms with Crippen LogP contribution >= 0.6 is 11.6 Å². The summed E-state index contributed by atoms with van der Waals surface area (Å²) < 4.78 is 0. The molecule has 0 radical (unpaired) electrons. The van der Waals surface area contributed by atoms with Crippen molar-refractivity contribution in [2.75, 3.05) is 0 Å². The number of hydrogen-bond acceptors (Lipinski definition) is 3. The van der Waals surface area contributed by atoms with Crippen LogP contribution < -0.4 is 10.7 Å². The van der Waals surface area contributed by atoms with Gasteiger partial charge in [-0.2, -0.15) is 0 Å². The number of benzene rings is 2. The molecule has 0 aliphatic heterocycles. The van der Waals surface area contributed by atoms with Gasteiger partial charge in [-0.15, -0.1) is 0 Å². The lowest BCUT2D eigenvalue weighted by Gasteiger charge is -2.08. The number of carbonyl (C=O) groups excluding carboxylic acids is 1. The van der Waals surface area contributed by atoms with Crippen LogP contribution in [0.4, 0.5) is 0 Å².